The predicted octanol–water partition coefficient (Wildman–Crippen LogP) is 2.13. The quantitative estimate of drug-likeness (QED) is 0.605. The molecular formula is C23H31Cl2N3O4. The summed E-state index contributed by atoms with van der Waals surface area (Å²) in [6.07, 6.45) is 3.07. The molecule has 32 heavy (non-hydrogen) atoms. The van der Waals surface area contributed by atoms with Crippen molar-refractivity contribution in [2.45, 2.75) is 32.0 Å². The number of hydrogen-bond donors (Lipinski definition) is 2. The molecule has 0 spiro atoms. The Hall–Kier alpha value is -1.64. The van der Waals surface area contributed by atoms with E-state index in [9.17, 15) is 19.8 Å². The summed E-state index contributed by atoms with van der Waals surface area (Å²) in [5.41, 5.74) is 0.764. The summed E-state index contributed by atoms with van der Waals surface area (Å²) >= 11 is 11.9. The number of halogens is 2. The van der Waals surface area contributed by atoms with Gasteiger partial charge in [-0.25, -0.2) is 0 Å². The van der Waals surface area contributed by atoms with Crippen LogP contribution in [0.15, 0.2) is 24.3 Å². The van der Waals surface area contributed by atoms with Crippen molar-refractivity contribution in [2.75, 3.05) is 45.8 Å². The Labute approximate surface area is 199 Å². The van der Waals surface area contributed by atoms with Crippen molar-refractivity contribution in [2.24, 2.45) is 5.92 Å². The molecule has 3 rings (SSSR count). The molecule has 0 saturated carbocycles. The first-order valence-electron chi connectivity index (χ1n) is 11.0. The van der Waals surface area contributed by atoms with Crippen molar-refractivity contribution in [3.05, 3.63) is 39.9 Å². The highest BCUT2D eigenvalue weighted by atomic mass is 35.5. The number of aliphatic hydroxyl groups is 2. The van der Waals surface area contributed by atoms with E-state index in [1.54, 1.807) is 34.1 Å². The van der Waals surface area contributed by atoms with Gasteiger partial charge in [0.15, 0.2) is 0 Å². The molecule has 2 heterocycles. The Morgan fingerprint density at radius 1 is 1.19 bits per heavy atom. The fourth-order valence-corrected chi connectivity index (χ4v) is 4.66. The fraction of sp³-hybridized carbons (Fsp3) is 0.565. The van der Waals surface area contributed by atoms with Crippen LogP contribution in [0.1, 0.15) is 25.3 Å². The first kappa shape index (κ1) is 25.0. The number of carbonyl (C=O) groups is 2. The SMILES string of the molecule is C[C@H]1C[C@@H](O)CN(C[C@H](O)CN2CCN(C(=O)/C=C/c3ccc(Cl)c(Cl)c3)CCC2=O)C1. The highest BCUT2D eigenvalue weighted by Crippen LogP contribution is 2.23. The molecule has 0 unspecified atom stereocenters. The van der Waals surface area contributed by atoms with Gasteiger partial charge in [0.05, 0.1) is 22.3 Å². The van der Waals surface area contributed by atoms with E-state index in [0.29, 0.717) is 48.7 Å². The number of carbonyl (C=O) groups excluding carboxylic acids is 2. The predicted molar refractivity (Wildman–Crippen MR) is 126 cm³/mol. The summed E-state index contributed by atoms with van der Waals surface area (Å²) in [5.74, 6) is 0.129. The Kier molecular flexibility index (Phi) is 8.96. The van der Waals surface area contributed by atoms with Gasteiger partial charge in [-0.3, -0.25) is 14.5 Å². The Bertz CT molecular complexity index is 841. The third-order valence-corrected chi connectivity index (χ3v) is 6.61. The number of aliphatic hydroxyl groups excluding tert-OH is 2. The number of β-amino-alcohol motifs (C(OH)–C–C–N with tert-alkyl or cyclic N) is 2. The van der Waals surface area contributed by atoms with Gasteiger partial charge in [0, 0.05) is 58.3 Å². The lowest BCUT2D eigenvalue weighted by Crippen LogP contribution is -2.48. The number of benzene rings is 1. The Morgan fingerprint density at radius 3 is 2.69 bits per heavy atom. The number of rotatable bonds is 6. The molecule has 3 atom stereocenters. The minimum absolute atomic E-state index is 0.0696. The van der Waals surface area contributed by atoms with E-state index in [1.165, 1.54) is 6.08 Å². The normalized spacial score (nSPS) is 24.1. The van der Waals surface area contributed by atoms with Crippen molar-refractivity contribution < 1.29 is 19.8 Å². The van der Waals surface area contributed by atoms with Gasteiger partial charge in [-0.2, -0.15) is 0 Å². The minimum atomic E-state index is -0.701. The van der Waals surface area contributed by atoms with E-state index < -0.39 is 6.10 Å². The zero-order valence-corrected chi connectivity index (χ0v) is 19.8. The molecule has 176 valence electrons. The van der Waals surface area contributed by atoms with E-state index in [2.05, 4.69) is 11.8 Å². The minimum Gasteiger partial charge on any atom is -0.392 e. The first-order valence-corrected chi connectivity index (χ1v) is 11.7. The largest absolute Gasteiger partial charge is 0.392 e. The van der Waals surface area contributed by atoms with Gasteiger partial charge in [0.2, 0.25) is 11.8 Å². The lowest BCUT2D eigenvalue weighted by molar-refractivity contribution is -0.132. The number of hydrogen-bond acceptors (Lipinski definition) is 5. The molecule has 2 aliphatic heterocycles. The average molecular weight is 484 g/mol. The second-order valence-corrected chi connectivity index (χ2v) is 9.60. The van der Waals surface area contributed by atoms with Crippen LogP contribution in [0.2, 0.25) is 10.0 Å². The lowest BCUT2D eigenvalue weighted by Gasteiger charge is -2.36. The van der Waals surface area contributed by atoms with Crippen LogP contribution >= 0.6 is 23.2 Å². The van der Waals surface area contributed by atoms with E-state index in [4.69, 9.17) is 23.2 Å². The lowest BCUT2D eigenvalue weighted by atomic mass is 9.98. The zero-order valence-electron chi connectivity index (χ0n) is 18.3. The molecule has 2 amide bonds. The van der Waals surface area contributed by atoms with E-state index >= 15 is 0 Å². The summed E-state index contributed by atoms with van der Waals surface area (Å²) in [6.45, 7) is 5.22. The molecule has 0 aliphatic carbocycles. The van der Waals surface area contributed by atoms with Crippen LogP contribution in [0.5, 0.6) is 0 Å². The highest BCUT2D eigenvalue weighted by molar-refractivity contribution is 6.42. The van der Waals surface area contributed by atoms with E-state index in [0.717, 1.165) is 18.5 Å². The van der Waals surface area contributed by atoms with Crippen molar-refractivity contribution in [1.29, 1.82) is 0 Å². The molecule has 0 bridgehead atoms. The summed E-state index contributed by atoms with van der Waals surface area (Å²) in [6, 6.07) is 5.13. The number of nitrogens with zero attached hydrogens (tertiary/aromatic N) is 3. The molecule has 1 aromatic carbocycles. The molecule has 2 N–H and O–H groups in total. The van der Waals surface area contributed by atoms with Gasteiger partial charge >= 0.3 is 0 Å². The summed E-state index contributed by atoms with van der Waals surface area (Å²) in [5, 5.41) is 21.4. The molecule has 2 saturated heterocycles. The van der Waals surface area contributed by atoms with Crippen molar-refractivity contribution in [1.82, 2.24) is 14.7 Å². The van der Waals surface area contributed by atoms with Crippen molar-refractivity contribution in [3.8, 4) is 0 Å². The molecule has 2 fully saturated rings. The topological polar surface area (TPSA) is 84.3 Å². The summed E-state index contributed by atoms with van der Waals surface area (Å²) in [7, 11) is 0. The van der Waals surface area contributed by atoms with Gasteiger partial charge in [-0.15, -0.1) is 0 Å². The first-order chi connectivity index (χ1) is 15.2. The van der Waals surface area contributed by atoms with Crippen LogP contribution in [0.3, 0.4) is 0 Å². The molecular weight excluding hydrogens is 453 g/mol. The van der Waals surface area contributed by atoms with E-state index in [-0.39, 0.29) is 30.9 Å². The number of piperidine rings is 1. The number of likely N-dealkylation sites (tertiary alicyclic amines) is 1. The zero-order chi connectivity index (χ0) is 23.3. The third kappa shape index (κ3) is 7.18. The van der Waals surface area contributed by atoms with Crippen LogP contribution in [-0.2, 0) is 9.59 Å². The van der Waals surface area contributed by atoms with Crippen LogP contribution in [0, 0.1) is 5.92 Å². The molecule has 0 radical (unpaired) electrons. The standard InChI is InChI=1S/C23H31Cl2N3O4/c1-16-10-18(29)13-26(12-16)14-19(30)15-28-9-8-27(7-6-23(28)32)22(31)5-3-17-2-4-20(24)21(25)11-17/h2-5,11,16,18-19,29-30H,6-10,12-15H2,1H3/b5-3+/t16-,18+,19-/m0/s1. The second kappa shape index (κ2) is 11.5. The second-order valence-electron chi connectivity index (χ2n) is 8.79. The molecule has 1 aromatic rings. The van der Waals surface area contributed by atoms with Crippen LogP contribution in [0.4, 0.5) is 0 Å². The maximum absolute atomic E-state index is 12.6. The van der Waals surface area contributed by atoms with Crippen molar-refractivity contribution in [3.63, 3.8) is 0 Å². The highest BCUT2D eigenvalue weighted by Gasteiger charge is 2.28. The molecule has 2 aliphatic rings. The van der Waals surface area contributed by atoms with Crippen molar-refractivity contribution >= 4 is 41.1 Å². The van der Waals surface area contributed by atoms with Crippen LogP contribution < -0.4 is 0 Å². The molecule has 7 nitrogen and oxygen atoms in total. The third-order valence-electron chi connectivity index (χ3n) is 5.88. The van der Waals surface area contributed by atoms with Gasteiger partial charge < -0.3 is 20.0 Å². The monoisotopic (exact) mass is 483 g/mol. The van der Waals surface area contributed by atoms with Gasteiger partial charge in [0.1, 0.15) is 0 Å². The molecule has 9 heteroatoms. The summed E-state index contributed by atoms with van der Waals surface area (Å²) < 4.78 is 0. The smallest absolute Gasteiger partial charge is 0.246 e. The summed E-state index contributed by atoms with van der Waals surface area (Å²) in [4.78, 5) is 30.5. The van der Waals surface area contributed by atoms with Crippen LogP contribution in [-0.4, -0.2) is 94.7 Å². The average Bonchev–Trinajstić information content (AvgIpc) is 2.89. The fourth-order valence-electron chi connectivity index (χ4n) is 4.36. The maximum Gasteiger partial charge on any atom is 0.246 e. The Balaban J connectivity index is 1.51. The van der Waals surface area contributed by atoms with Gasteiger partial charge in [0.25, 0.3) is 0 Å². The Morgan fingerprint density at radius 2 is 1.97 bits per heavy atom. The van der Waals surface area contributed by atoms with Gasteiger partial charge in [-0.1, -0.05) is 36.2 Å². The number of amides is 2. The molecule has 0 aromatic heterocycles. The van der Waals surface area contributed by atoms with E-state index in [1.807, 2.05) is 0 Å². The maximum atomic E-state index is 12.6. The van der Waals surface area contributed by atoms with Gasteiger partial charge in [-0.05, 0) is 36.1 Å². The van der Waals surface area contributed by atoms with Crippen LogP contribution in [0.25, 0.3) is 6.08 Å².